The molecule has 0 radical (unpaired) electrons. The number of anilines is 3. The molecule has 1 heterocycles. The van der Waals surface area contributed by atoms with Gasteiger partial charge in [-0.15, -0.1) is 0 Å². The van der Waals surface area contributed by atoms with E-state index in [0.29, 0.717) is 23.9 Å². The fourth-order valence-electron chi connectivity index (χ4n) is 2.25. The van der Waals surface area contributed by atoms with Crippen molar-refractivity contribution >= 4 is 17.8 Å². The van der Waals surface area contributed by atoms with Crippen LogP contribution in [0.2, 0.25) is 0 Å². The number of nitrogens with zero attached hydrogens (tertiary/aromatic N) is 5. The zero-order valence-electron chi connectivity index (χ0n) is 13.0. The quantitative estimate of drug-likeness (QED) is 0.821. The van der Waals surface area contributed by atoms with Gasteiger partial charge in [-0.3, -0.25) is 0 Å². The summed E-state index contributed by atoms with van der Waals surface area (Å²) in [5.41, 5.74) is 5.88. The second kappa shape index (κ2) is 6.24. The number of hydrogen-bond donors (Lipinski definition) is 1. The molecule has 6 nitrogen and oxygen atoms in total. The van der Waals surface area contributed by atoms with Crippen molar-refractivity contribution in [2.24, 2.45) is 5.92 Å². The zero-order chi connectivity index (χ0) is 14.7. The summed E-state index contributed by atoms with van der Waals surface area (Å²) in [7, 11) is 0. The maximum absolute atomic E-state index is 5.88. The van der Waals surface area contributed by atoms with Crippen molar-refractivity contribution in [1.82, 2.24) is 15.0 Å². The van der Waals surface area contributed by atoms with Crippen LogP contribution in [0.5, 0.6) is 0 Å². The number of nitrogen functional groups attached to an aromatic ring is 1. The SMILES string of the molecule is CCN(CC)c1nc(N)nc(N(CC2CC2)C(C)C)n1. The number of nitrogens with two attached hydrogens (primary N) is 1. The molecule has 0 aromatic carbocycles. The van der Waals surface area contributed by atoms with Gasteiger partial charge in [0, 0.05) is 25.7 Å². The molecule has 112 valence electrons. The van der Waals surface area contributed by atoms with Crippen molar-refractivity contribution in [3.8, 4) is 0 Å². The van der Waals surface area contributed by atoms with Gasteiger partial charge in [-0.25, -0.2) is 0 Å². The van der Waals surface area contributed by atoms with E-state index < -0.39 is 0 Å². The molecule has 6 heteroatoms. The lowest BCUT2D eigenvalue weighted by atomic mass is 10.3. The Bertz CT molecular complexity index is 439. The smallest absolute Gasteiger partial charge is 0.232 e. The number of rotatable bonds is 7. The fraction of sp³-hybridized carbons (Fsp3) is 0.786. The van der Waals surface area contributed by atoms with Crippen LogP contribution in [0.4, 0.5) is 17.8 Å². The highest BCUT2D eigenvalue weighted by Crippen LogP contribution is 2.31. The molecule has 2 rings (SSSR count). The van der Waals surface area contributed by atoms with E-state index in [1.54, 1.807) is 0 Å². The minimum atomic E-state index is 0.304. The van der Waals surface area contributed by atoms with Crippen molar-refractivity contribution in [2.45, 2.75) is 46.6 Å². The highest BCUT2D eigenvalue weighted by Gasteiger charge is 2.27. The molecular formula is C14H26N6. The monoisotopic (exact) mass is 278 g/mol. The highest BCUT2D eigenvalue weighted by molar-refractivity contribution is 5.44. The topological polar surface area (TPSA) is 71.2 Å². The summed E-state index contributed by atoms with van der Waals surface area (Å²) in [4.78, 5) is 17.6. The summed E-state index contributed by atoms with van der Waals surface area (Å²) in [5, 5.41) is 0. The normalized spacial score (nSPS) is 14.7. The molecule has 1 aliphatic carbocycles. The zero-order valence-corrected chi connectivity index (χ0v) is 13.0. The lowest BCUT2D eigenvalue weighted by Crippen LogP contribution is -2.35. The molecule has 0 aliphatic heterocycles. The second-order valence-electron chi connectivity index (χ2n) is 5.66. The number of aromatic nitrogens is 3. The molecule has 1 saturated carbocycles. The van der Waals surface area contributed by atoms with Crippen LogP contribution >= 0.6 is 0 Å². The Labute approximate surface area is 121 Å². The van der Waals surface area contributed by atoms with E-state index >= 15 is 0 Å². The average Bonchev–Trinajstić information content (AvgIpc) is 3.20. The molecule has 0 atom stereocenters. The lowest BCUT2D eigenvalue weighted by Gasteiger charge is -2.28. The van der Waals surface area contributed by atoms with Crippen LogP contribution in [0.3, 0.4) is 0 Å². The minimum absolute atomic E-state index is 0.304. The van der Waals surface area contributed by atoms with E-state index in [1.807, 2.05) is 0 Å². The van der Waals surface area contributed by atoms with Crippen molar-refractivity contribution in [2.75, 3.05) is 35.2 Å². The van der Waals surface area contributed by atoms with Crippen LogP contribution in [0.1, 0.15) is 40.5 Å². The summed E-state index contributed by atoms with van der Waals surface area (Å²) in [6.45, 7) is 11.3. The van der Waals surface area contributed by atoms with Crippen molar-refractivity contribution < 1.29 is 0 Å². The molecule has 2 N–H and O–H groups in total. The highest BCUT2D eigenvalue weighted by atomic mass is 15.4. The molecule has 0 amide bonds. The maximum Gasteiger partial charge on any atom is 0.232 e. The minimum Gasteiger partial charge on any atom is -0.368 e. The molecule has 20 heavy (non-hydrogen) atoms. The first kappa shape index (κ1) is 14.8. The Hall–Kier alpha value is -1.59. The van der Waals surface area contributed by atoms with Gasteiger partial charge in [0.2, 0.25) is 17.8 Å². The van der Waals surface area contributed by atoms with Crippen LogP contribution in [0.25, 0.3) is 0 Å². The molecule has 0 saturated heterocycles. The lowest BCUT2D eigenvalue weighted by molar-refractivity contribution is 0.624. The first-order chi connectivity index (χ1) is 9.55. The first-order valence-electron chi connectivity index (χ1n) is 7.58. The molecule has 0 bridgehead atoms. The maximum atomic E-state index is 5.88. The third kappa shape index (κ3) is 3.49. The molecule has 1 aromatic heterocycles. The van der Waals surface area contributed by atoms with Gasteiger partial charge in [-0.1, -0.05) is 0 Å². The molecule has 0 unspecified atom stereocenters. The van der Waals surface area contributed by atoms with Gasteiger partial charge in [0.25, 0.3) is 0 Å². The molecule has 1 fully saturated rings. The van der Waals surface area contributed by atoms with E-state index in [9.17, 15) is 0 Å². The van der Waals surface area contributed by atoms with Gasteiger partial charge in [-0.05, 0) is 46.5 Å². The number of hydrogen-bond acceptors (Lipinski definition) is 6. The van der Waals surface area contributed by atoms with Gasteiger partial charge in [0.05, 0.1) is 0 Å². The fourth-order valence-corrected chi connectivity index (χ4v) is 2.25. The van der Waals surface area contributed by atoms with Crippen LogP contribution in [0.15, 0.2) is 0 Å². The summed E-state index contributed by atoms with van der Waals surface area (Å²) in [5.74, 6) is 2.48. The van der Waals surface area contributed by atoms with Gasteiger partial charge in [0.1, 0.15) is 0 Å². The first-order valence-corrected chi connectivity index (χ1v) is 7.58. The molecule has 0 spiro atoms. The van der Waals surface area contributed by atoms with Crippen LogP contribution < -0.4 is 15.5 Å². The van der Waals surface area contributed by atoms with Crippen LogP contribution in [-0.2, 0) is 0 Å². The summed E-state index contributed by atoms with van der Waals surface area (Å²) >= 11 is 0. The third-order valence-corrected chi connectivity index (χ3v) is 3.71. The largest absolute Gasteiger partial charge is 0.368 e. The van der Waals surface area contributed by atoms with E-state index in [-0.39, 0.29) is 0 Å². The molecule has 1 aliphatic rings. The van der Waals surface area contributed by atoms with Crippen molar-refractivity contribution in [3.05, 3.63) is 0 Å². The standard InChI is InChI=1S/C14H26N6/c1-5-19(6-2)13-16-12(15)17-14(18-13)20(10(3)4)9-11-7-8-11/h10-11H,5-9H2,1-4H3,(H2,15,16,17,18). The van der Waals surface area contributed by atoms with Crippen LogP contribution in [0, 0.1) is 5.92 Å². The van der Waals surface area contributed by atoms with E-state index in [2.05, 4.69) is 52.4 Å². The van der Waals surface area contributed by atoms with Crippen molar-refractivity contribution in [3.63, 3.8) is 0 Å². The van der Waals surface area contributed by atoms with E-state index in [1.165, 1.54) is 12.8 Å². The summed E-state index contributed by atoms with van der Waals surface area (Å²) < 4.78 is 0. The Balaban J connectivity index is 2.28. The van der Waals surface area contributed by atoms with E-state index in [0.717, 1.165) is 25.6 Å². The van der Waals surface area contributed by atoms with Gasteiger partial charge < -0.3 is 15.5 Å². The van der Waals surface area contributed by atoms with E-state index in [4.69, 9.17) is 5.73 Å². The second-order valence-corrected chi connectivity index (χ2v) is 5.66. The Kier molecular flexibility index (Phi) is 4.62. The predicted octanol–water partition coefficient (Wildman–Crippen LogP) is 1.92. The Morgan fingerprint density at radius 1 is 1.10 bits per heavy atom. The van der Waals surface area contributed by atoms with Crippen molar-refractivity contribution in [1.29, 1.82) is 0 Å². The molecule has 1 aromatic rings. The Morgan fingerprint density at radius 2 is 1.70 bits per heavy atom. The third-order valence-electron chi connectivity index (χ3n) is 3.71. The van der Waals surface area contributed by atoms with Gasteiger partial charge in [-0.2, -0.15) is 15.0 Å². The Morgan fingerprint density at radius 3 is 2.20 bits per heavy atom. The van der Waals surface area contributed by atoms with Gasteiger partial charge >= 0.3 is 0 Å². The van der Waals surface area contributed by atoms with Crippen LogP contribution in [-0.4, -0.2) is 40.6 Å². The molecular weight excluding hydrogens is 252 g/mol. The summed E-state index contributed by atoms with van der Waals surface area (Å²) in [6.07, 6.45) is 2.62. The summed E-state index contributed by atoms with van der Waals surface area (Å²) in [6, 6.07) is 0.363. The average molecular weight is 278 g/mol. The van der Waals surface area contributed by atoms with Gasteiger partial charge in [0.15, 0.2) is 0 Å². The predicted molar refractivity (Wildman–Crippen MR) is 83.0 cm³/mol.